The molecule has 0 bridgehead atoms. The monoisotopic (exact) mass is 452 g/mol. The van der Waals surface area contributed by atoms with Crippen molar-refractivity contribution in [3.05, 3.63) is 65.0 Å². The highest BCUT2D eigenvalue weighted by molar-refractivity contribution is 7.99. The molecule has 1 amide bonds. The van der Waals surface area contributed by atoms with E-state index < -0.39 is 0 Å². The number of ether oxygens (including phenoxy) is 1. The van der Waals surface area contributed by atoms with Crippen LogP contribution in [0.1, 0.15) is 62.0 Å². The molecular weight excluding hydrogens is 420 g/mol. The highest BCUT2D eigenvalue weighted by Crippen LogP contribution is 2.28. The average molecular weight is 453 g/mol. The number of carbonyl (C=O) groups is 1. The second-order valence-corrected chi connectivity index (χ2v) is 9.46. The molecule has 0 aliphatic carbocycles. The van der Waals surface area contributed by atoms with Gasteiger partial charge in [0, 0.05) is 12.7 Å². The van der Waals surface area contributed by atoms with E-state index in [0.717, 1.165) is 22.6 Å². The fraction of sp³-hybridized carbons (Fsp3) is 0.400. The molecule has 0 radical (unpaired) electrons. The molecule has 0 atom stereocenters. The Morgan fingerprint density at radius 2 is 1.78 bits per heavy atom. The number of hydrogen-bond donors (Lipinski definition) is 1. The Morgan fingerprint density at radius 1 is 1.06 bits per heavy atom. The molecule has 3 rings (SSSR count). The summed E-state index contributed by atoms with van der Waals surface area (Å²) in [6.45, 7) is 10.9. The molecule has 7 heteroatoms. The van der Waals surface area contributed by atoms with Gasteiger partial charge in [-0.3, -0.25) is 4.79 Å². The fourth-order valence-corrected chi connectivity index (χ4v) is 4.14. The van der Waals surface area contributed by atoms with Crippen molar-refractivity contribution in [2.75, 3.05) is 11.1 Å². The summed E-state index contributed by atoms with van der Waals surface area (Å²) >= 11 is 1.36. The molecule has 170 valence electrons. The number of para-hydroxylation sites is 1. The van der Waals surface area contributed by atoms with Crippen LogP contribution in [0, 0.1) is 6.92 Å². The summed E-state index contributed by atoms with van der Waals surface area (Å²) in [5, 5.41) is 12.2. The van der Waals surface area contributed by atoms with E-state index in [2.05, 4.69) is 68.3 Å². The molecule has 0 aliphatic heterocycles. The molecule has 2 aromatic carbocycles. The SMILES string of the molecule is Cc1ccc(C(C)C)c(OCc2nnc(SCC(=O)Nc3ccccc3C(C)C)n2C)c1. The normalized spacial score (nSPS) is 11.2. The second kappa shape index (κ2) is 10.7. The van der Waals surface area contributed by atoms with E-state index in [1.54, 1.807) is 0 Å². The van der Waals surface area contributed by atoms with Gasteiger partial charge in [0.05, 0.1) is 5.75 Å². The Bertz CT molecular complexity index is 1080. The predicted molar refractivity (Wildman–Crippen MR) is 130 cm³/mol. The number of rotatable bonds is 9. The van der Waals surface area contributed by atoms with E-state index in [4.69, 9.17) is 4.74 Å². The van der Waals surface area contributed by atoms with Crippen LogP contribution in [0.2, 0.25) is 0 Å². The maximum Gasteiger partial charge on any atom is 0.234 e. The maximum absolute atomic E-state index is 12.5. The quantitative estimate of drug-likeness (QED) is 0.423. The minimum atomic E-state index is -0.0646. The van der Waals surface area contributed by atoms with Gasteiger partial charge >= 0.3 is 0 Å². The zero-order chi connectivity index (χ0) is 23.3. The van der Waals surface area contributed by atoms with Gasteiger partial charge in [-0.25, -0.2) is 0 Å². The molecule has 0 spiro atoms. The van der Waals surface area contributed by atoms with E-state index in [9.17, 15) is 4.79 Å². The van der Waals surface area contributed by atoms with Crippen LogP contribution in [0.25, 0.3) is 0 Å². The van der Waals surface area contributed by atoms with E-state index in [0.29, 0.717) is 29.4 Å². The van der Waals surface area contributed by atoms with Gasteiger partial charge in [0.1, 0.15) is 12.4 Å². The average Bonchev–Trinajstić information content (AvgIpc) is 3.10. The summed E-state index contributed by atoms with van der Waals surface area (Å²) in [6, 6.07) is 14.2. The highest BCUT2D eigenvalue weighted by atomic mass is 32.2. The van der Waals surface area contributed by atoms with Crippen molar-refractivity contribution < 1.29 is 9.53 Å². The lowest BCUT2D eigenvalue weighted by Crippen LogP contribution is -2.16. The lowest BCUT2D eigenvalue weighted by Gasteiger charge is -2.14. The minimum Gasteiger partial charge on any atom is -0.485 e. The predicted octanol–water partition coefficient (Wildman–Crippen LogP) is 5.68. The number of thioether (sulfide) groups is 1. The molecule has 6 nitrogen and oxygen atoms in total. The Hall–Kier alpha value is -2.80. The van der Waals surface area contributed by atoms with Crippen LogP contribution in [-0.2, 0) is 18.4 Å². The molecule has 1 heterocycles. The summed E-state index contributed by atoms with van der Waals surface area (Å²) in [5.41, 5.74) is 4.31. The number of nitrogens with zero attached hydrogens (tertiary/aromatic N) is 3. The molecule has 1 N–H and O–H groups in total. The summed E-state index contributed by atoms with van der Waals surface area (Å²) in [5.74, 6) is 2.50. The van der Waals surface area contributed by atoms with Crippen molar-refractivity contribution in [3.8, 4) is 5.75 Å². The zero-order valence-electron chi connectivity index (χ0n) is 19.7. The van der Waals surface area contributed by atoms with E-state index >= 15 is 0 Å². The number of carbonyl (C=O) groups excluding carboxylic acids is 1. The number of hydrogen-bond acceptors (Lipinski definition) is 5. The molecule has 1 aromatic heterocycles. The molecule has 0 saturated carbocycles. The largest absolute Gasteiger partial charge is 0.485 e. The molecule has 0 saturated heterocycles. The van der Waals surface area contributed by atoms with Gasteiger partial charge in [-0.2, -0.15) is 0 Å². The van der Waals surface area contributed by atoms with E-state index in [-0.39, 0.29) is 11.7 Å². The first-order valence-electron chi connectivity index (χ1n) is 10.9. The molecular formula is C25H32N4O2S. The van der Waals surface area contributed by atoms with Gasteiger partial charge in [0.2, 0.25) is 5.91 Å². The molecule has 0 fully saturated rings. The Balaban J connectivity index is 1.60. The molecule has 3 aromatic rings. The van der Waals surface area contributed by atoms with Crippen LogP contribution in [-0.4, -0.2) is 26.4 Å². The second-order valence-electron chi connectivity index (χ2n) is 8.52. The van der Waals surface area contributed by atoms with Crippen LogP contribution in [0.3, 0.4) is 0 Å². The minimum absolute atomic E-state index is 0.0646. The fourth-order valence-electron chi connectivity index (χ4n) is 3.41. The van der Waals surface area contributed by atoms with Crippen LogP contribution >= 0.6 is 11.8 Å². The number of aryl methyl sites for hydroxylation is 1. The number of benzene rings is 2. The summed E-state index contributed by atoms with van der Waals surface area (Å²) in [4.78, 5) is 12.5. The van der Waals surface area contributed by atoms with Crippen LogP contribution < -0.4 is 10.1 Å². The van der Waals surface area contributed by atoms with Crippen molar-refractivity contribution in [2.24, 2.45) is 7.05 Å². The number of aromatic nitrogens is 3. The van der Waals surface area contributed by atoms with E-state index in [1.807, 2.05) is 35.9 Å². The standard InChI is InChI=1S/C25H32N4O2S/c1-16(2)19-9-7-8-10-21(19)26-24(30)15-32-25-28-27-23(29(25)6)14-31-22-13-18(5)11-12-20(22)17(3)4/h7-13,16-17H,14-15H2,1-6H3,(H,26,30). The summed E-state index contributed by atoms with van der Waals surface area (Å²) < 4.78 is 7.97. The van der Waals surface area contributed by atoms with Crippen LogP contribution in [0.4, 0.5) is 5.69 Å². The van der Waals surface area contributed by atoms with E-state index in [1.165, 1.54) is 17.3 Å². The van der Waals surface area contributed by atoms with Crippen molar-refractivity contribution in [1.82, 2.24) is 14.8 Å². The number of amides is 1. The van der Waals surface area contributed by atoms with Gasteiger partial charge in [0.25, 0.3) is 0 Å². The van der Waals surface area contributed by atoms with Crippen molar-refractivity contribution >= 4 is 23.4 Å². The smallest absolute Gasteiger partial charge is 0.234 e. The van der Waals surface area contributed by atoms with Gasteiger partial charge in [-0.1, -0.05) is 69.8 Å². The Kier molecular flexibility index (Phi) is 7.96. The first-order valence-corrected chi connectivity index (χ1v) is 11.9. The summed E-state index contributed by atoms with van der Waals surface area (Å²) in [6.07, 6.45) is 0. The molecule has 32 heavy (non-hydrogen) atoms. The van der Waals surface area contributed by atoms with Crippen molar-refractivity contribution in [2.45, 2.75) is 58.2 Å². The maximum atomic E-state index is 12.5. The topological polar surface area (TPSA) is 69.0 Å². The van der Waals surface area contributed by atoms with Crippen LogP contribution in [0.15, 0.2) is 47.6 Å². The third-order valence-corrected chi connectivity index (χ3v) is 6.28. The van der Waals surface area contributed by atoms with Gasteiger partial charge in [-0.05, 0) is 47.6 Å². The lowest BCUT2D eigenvalue weighted by atomic mass is 10.0. The summed E-state index contributed by atoms with van der Waals surface area (Å²) in [7, 11) is 1.90. The van der Waals surface area contributed by atoms with Gasteiger partial charge in [-0.15, -0.1) is 10.2 Å². The van der Waals surface area contributed by atoms with Crippen LogP contribution in [0.5, 0.6) is 5.75 Å². The zero-order valence-corrected chi connectivity index (χ0v) is 20.5. The number of nitrogens with one attached hydrogen (secondary N) is 1. The van der Waals surface area contributed by atoms with Crippen molar-refractivity contribution in [3.63, 3.8) is 0 Å². The van der Waals surface area contributed by atoms with Gasteiger partial charge in [0.15, 0.2) is 11.0 Å². The third-order valence-electron chi connectivity index (χ3n) is 5.26. The molecule has 0 aliphatic rings. The first kappa shape index (κ1) is 23.9. The van der Waals surface area contributed by atoms with Crippen molar-refractivity contribution in [1.29, 1.82) is 0 Å². The van der Waals surface area contributed by atoms with Gasteiger partial charge < -0.3 is 14.6 Å². The highest BCUT2D eigenvalue weighted by Gasteiger charge is 2.15. The number of anilines is 1. The third kappa shape index (κ3) is 5.91. The Labute approximate surface area is 194 Å². The lowest BCUT2D eigenvalue weighted by molar-refractivity contribution is -0.113. The molecule has 0 unspecified atom stereocenters. The first-order chi connectivity index (χ1) is 15.3. The Morgan fingerprint density at radius 3 is 2.50 bits per heavy atom.